The zero-order chi connectivity index (χ0) is 48.1. The summed E-state index contributed by atoms with van der Waals surface area (Å²) in [5, 5.41) is 6.01. The number of nitrogens with zero attached hydrogens (tertiary/aromatic N) is 5. The van der Waals surface area contributed by atoms with Gasteiger partial charge in [-0.2, -0.15) is 0 Å². The molecule has 0 saturated carbocycles. The first-order valence-electron chi connectivity index (χ1n) is 23.7. The van der Waals surface area contributed by atoms with Crippen molar-refractivity contribution in [2.45, 2.75) is 140 Å². The number of rotatable bonds is 11. The Morgan fingerprint density at radius 2 is 1.34 bits per heavy atom. The van der Waals surface area contributed by atoms with E-state index in [0.717, 1.165) is 66.7 Å². The van der Waals surface area contributed by atoms with Gasteiger partial charge in [-0.15, -0.1) is 11.6 Å². The molecule has 7 atom stereocenters. The van der Waals surface area contributed by atoms with Gasteiger partial charge in [-0.3, -0.25) is 9.59 Å². The number of carbonyl (C=O) groups excluding carboxylic acids is 4. The molecule has 2 aromatic carbocycles. The first kappa shape index (κ1) is 48.2. The van der Waals surface area contributed by atoms with Crippen molar-refractivity contribution >= 4 is 70.0 Å². The van der Waals surface area contributed by atoms with Crippen LogP contribution in [0.2, 0.25) is 5.02 Å². The Labute approximate surface area is 403 Å². The molecule has 2 aromatic heterocycles. The second-order valence-electron chi connectivity index (χ2n) is 20.3. The van der Waals surface area contributed by atoms with E-state index >= 15 is 0 Å². The predicted molar refractivity (Wildman–Crippen MR) is 260 cm³/mol. The van der Waals surface area contributed by atoms with Crippen LogP contribution in [0.1, 0.15) is 139 Å². The maximum Gasteiger partial charge on any atom is 0.407 e. The number of alkyl carbamates (subject to hydrolysis) is 2. The number of fused-ring (bicyclic) bond motifs is 2. The fourth-order valence-corrected chi connectivity index (χ4v) is 11.4. The third-order valence-electron chi connectivity index (χ3n) is 14.3. The molecule has 4 N–H and O–H groups in total. The van der Waals surface area contributed by atoms with Crippen LogP contribution in [0.4, 0.5) is 15.3 Å². The largest absolute Gasteiger partial charge is 0.453 e. The Morgan fingerprint density at radius 1 is 0.776 bits per heavy atom. The van der Waals surface area contributed by atoms with Crippen LogP contribution in [-0.2, 0) is 30.9 Å². The van der Waals surface area contributed by atoms with Gasteiger partial charge in [0.25, 0.3) is 0 Å². The highest BCUT2D eigenvalue weighted by Gasteiger charge is 2.49. The van der Waals surface area contributed by atoms with E-state index in [9.17, 15) is 19.2 Å². The lowest BCUT2D eigenvalue weighted by molar-refractivity contribution is -0.136. The second kappa shape index (κ2) is 19.0. The van der Waals surface area contributed by atoms with E-state index in [1.165, 1.54) is 19.8 Å². The fraction of sp³-hybridized carbons (Fsp3) is 0.560. The van der Waals surface area contributed by atoms with Crippen LogP contribution in [0, 0.1) is 11.8 Å². The summed E-state index contributed by atoms with van der Waals surface area (Å²) in [4.78, 5) is 74.8. The van der Waals surface area contributed by atoms with Crippen molar-refractivity contribution in [1.82, 2.24) is 40.4 Å². The summed E-state index contributed by atoms with van der Waals surface area (Å²) in [7, 11) is 2.58. The van der Waals surface area contributed by atoms with E-state index in [0.29, 0.717) is 41.7 Å². The van der Waals surface area contributed by atoms with Gasteiger partial charge in [-0.05, 0) is 91.2 Å². The molecule has 0 radical (unpaired) electrons. The Morgan fingerprint density at radius 3 is 1.88 bits per heavy atom. The van der Waals surface area contributed by atoms with Crippen LogP contribution in [0.15, 0.2) is 42.5 Å². The number of hydrogen-bond acceptors (Lipinski definition) is 9. The smallest absolute Gasteiger partial charge is 0.407 e. The molecule has 15 nitrogen and oxygen atoms in total. The highest BCUT2D eigenvalue weighted by molar-refractivity contribution is 6.36. The minimum atomic E-state index is -0.836. The number of amides is 4. The van der Waals surface area contributed by atoms with Gasteiger partial charge in [0, 0.05) is 30.9 Å². The number of aromatic nitrogens is 4. The van der Waals surface area contributed by atoms with Crippen LogP contribution >= 0.6 is 23.2 Å². The molecule has 1 aliphatic carbocycles. The number of ether oxygens (including phenoxy) is 2. The molecular formula is C50H65Cl2N9O6. The Hall–Kier alpha value is -5.28. The highest BCUT2D eigenvalue weighted by Crippen LogP contribution is 2.50. The van der Waals surface area contributed by atoms with Gasteiger partial charge < -0.3 is 44.8 Å². The summed E-state index contributed by atoms with van der Waals surface area (Å²) in [6, 6.07) is 10.5. The van der Waals surface area contributed by atoms with Gasteiger partial charge in [0.15, 0.2) is 0 Å². The molecule has 3 saturated heterocycles. The highest BCUT2D eigenvalue weighted by atomic mass is 35.5. The molecular weight excluding hydrogens is 894 g/mol. The lowest BCUT2D eigenvalue weighted by atomic mass is 9.86. The van der Waals surface area contributed by atoms with Crippen molar-refractivity contribution in [1.29, 1.82) is 0 Å². The summed E-state index contributed by atoms with van der Waals surface area (Å²) < 4.78 is 9.67. The molecule has 4 amide bonds. The number of anilines is 1. The minimum absolute atomic E-state index is 0.0387. The summed E-state index contributed by atoms with van der Waals surface area (Å²) in [5.41, 5.74) is 6.29. The third kappa shape index (κ3) is 9.34. The van der Waals surface area contributed by atoms with Crippen LogP contribution in [0.25, 0.3) is 17.1 Å². The van der Waals surface area contributed by atoms with Crippen molar-refractivity contribution in [3.8, 4) is 0 Å². The Bertz CT molecular complexity index is 2530. The third-order valence-corrected chi connectivity index (χ3v) is 15.2. The molecule has 1 unspecified atom stereocenters. The van der Waals surface area contributed by atoms with Crippen molar-refractivity contribution in [3.05, 3.63) is 81.7 Å². The number of hydrogen-bond donors (Lipinski definition) is 4. The van der Waals surface area contributed by atoms with Crippen molar-refractivity contribution in [2.75, 3.05) is 32.2 Å². The topological polar surface area (TPSA) is 178 Å². The standard InChI is InChI=1S/C50H65Cl2N9O6/c1-27(2)40(57-47(64)66-8)45(62)59-24-10-12-36(59)43-53-32-22-23-50(52,26-34(32)55-43)38-21-20-35(61(38)30-16-14-29(15-17-30)49(5,6)7)31-18-19-33-42(39(31)51)56-44(54-33)37-13-11-25-60(37)46(63)41(28(3)4)58-48(65)67-9/h14-19,22-23,27-28,35-38,40-41H,10-13,20-21,24-26H2,1-9H3,(H,53,55)(H,54,56)(H,57,64)(H,58,65)/t35-,36+,37+,38+,40+,41+,50?/m1/s1. The predicted octanol–water partition coefficient (Wildman–Crippen LogP) is 9.28. The van der Waals surface area contributed by atoms with Gasteiger partial charge in [-0.1, -0.05) is 84.3 Å². The van der Waals surface area contributed by atoms with Gasteiger partial charge in [0.05, 0.1) is 59.5 Å². The van der Waals surface area contributed by atoms with E-state index in [-0.39, 0.29) is 53.2 Å². The number of H-pyrrole nitrogens is 2. The number of aromatic amines is 2. The molecule has 4 aromatic rings. The van der Waals surface area contributed by atoms with E-state index < -0.39 is 29.1 Å². The number of likely N-dealkylation sites (tertiary alicyclic amines) is 2. The second-order valence-corrected chi connectivity index (χ2v) is 21.4. The molecule has 8 rings (SSSR count). The summed E-state index contributed by atoms with van der Waals surface area (Å²) >= 11 is 15.4. The van der Waals surface area contributed by atoms with Crippen LogP contribution < -0.4 is 15.5 Å². The molecule has 67 heavy (non-hydrogen) atoms. The number of methoxy groups -OCH3 is 2. The van der Waals surface area contributed by atoms with Crippen molar-refractivity contribution < 1.29 is 28.7 Å². The first-order valence-corrected chi connectivity index (χ1v) is 24.4. The van der Waals surface area contributed by atoms with Crippen LogP contribution in [-0.4, -0.2) is 104 Å². The summed E-state index contributed by atoms with van der Waals surface area (Å²) in [6.45, 7) is 15.3. The first-order chi connectivity index (χ1) is 31.8. The molecule has 17 heteroatoms. The van der Waals surface area contributed by atoms with Crippen molar-refractivity contribution in [2.24, 2.45) is 11.8 Å². The average Bonchev–Trinajstić information content (AvgIpc) is 4.15. The van der Waals surface area contributed by atoms with Gasteiger partial charge in [-0.25, -0.2) is 19.6 Å². The molecule has 360 valence electrons. The number of alkyl halides is 1. The number of nitrogens with one attached hydrogen (secondary N) is 4. The average molecular weight is 959 g/mol. The lowest BCUT2D eigenvalue weighted by Gasteiger charge is -2.42. The van der Waals surface area contributed by atoms with E-state index in [4.69, 9.17) is 42.6 Å². The maximum atomic E-state index is 13.9. The lowest BCUT2D eigenvalue weighted by Crippen LogP contribution is -2.51. The maximum absolute atomic E-state index is 13.9. The van der Waals surface area contributed by atoms with Crippen LogP contribution in [0.3, 0.4) is 0 Å². The quantitative estimate of drug-likeness (QED) is 0.107. The van der Waals surface area contributed by atoms with Crippen LogP contribution in [0.5, 0.6) is 0 Å². The van der Waals surface area contributed by atoms with Gasteiger partial charge in [0.2, 0.25) is 11.8 Å². The number of benzene rings is 2. The van der Waals surface area contributed by atoms with Gasteiger partial charge >= 0.3 is 12.2 Å². The molecule has 3 aliphatic heterocycles. The zero-order valence-electron chi connectivity index (χ0n) is 40.0. The minimum Gasteiger partial charge on any atom is -0.453 e. The monoisotopic (exact) mass is 957 g/mol. The van der Waals surface area contributed by atoms with Crippen molar-refractivity contribution in [3.63, 3.8) is 0 Å². The van der Waals surface area contributed by atoms with Gasteiger partial charge in [0.1, 0.15) is 29.2 Å². The SMILES string of the molecule is COC(=O)N[C@H](C(=O)N1CCC[C@H]1c1nc2c([nH]1)CC(Cl)([C@@H]1CC[C@H](c3ccc4[nH]c([C@@H]5CCCN5C(=O)[C@@H](NC(=O)OC)C(C)C)nc4c3Cl)N1c1ccc(C(C)(C)C)cc1)C=C2)C(C)C. The summed E-state index contributed by atoms with van der Waals surface area (Å²) in [6.07, 6.45) is 7.92. The Balaban J connectivity index is 1.09. The van der Waals surface area contributed by atoms with E-state index in [1.54, 1.807) is 4.90 Å². The van der Waals surface area contributed by atoms with E-state index in [2.05, 4.69) is 82.7 Å². The number of carbonyl (C=O) groups is 4. The van der Waals surface area contributed by atoms with E-state index in [1.807, 2.05) is 44.7 Å². The number of imidazole rings is 2. The molecule has 4 aliphatic rings. The molecule has 0 spiro atoms. The molecule has 0 bridgehead atoms. The number of halogens is 2. The fourth-order valence-electron chi connectivity index (χ4n) is 10.6. The summed E-state index contributed by atoms with van der Waals surface area (Å²) in [5.74, 6) is 0.737. The zero-order valence-corrected chi connectivity index (χ0v) is 41.6. The molecule has 3 fully saturated rings. The Kier molecular flexibility index (Phi) is 13.7. The normalized spacial score (nSPS) is 23.8. The molecule has 5 heterocycles.